The van der Waals surface area contributed by atoms with E-state index in [0.717, 1.165) is 19.6 Å². The fraction of sp³-hybridized carbons (Fsp3) is 0.667. The maximum absolute atomic E-state index is 9.58. The molecule has 0 aromatic heterocycles. The zero-order chi connectivity index (χ0) is 15.9. The summed E-state index contributed by atoms with van der Waals surface area (Å²) >= 11 is 0. The van der Waals surface area contributed by atoms with Gasteiger partial charge in [0.2, 0.25) is 0 Å². The highest BCUT2D eigenvalue weighted by molar-refractivity contribution is 5.25. The Kier molecular flexibility index (Phi) is 7.36. The van der Waals surface area contributed by atoms with Crippen molar-refractivity contribution in [3.05, 3.63) is 35.9 Å². The molecule has 1 aromatic rings. The Balaban J connectivity index is 2.78. The Morgan fingerprint density at radius 3 is 2.33 bits per heavy atom. The van der Waals surface area contributed by atoms with Gasteiger partial charge in [-0.05, 0) is 32.0 Å². The van der Waals surface area contributed by atoms with E-state index in [-0.39, 0.29) is 11.5 Å². The van der Waals surface area contributed by atoms with Gasteiger partial charge in [0.25, 0.3) is 0 Å². The van der Waals surface area contributed by atoms with Crippen molar-refractivity contribution in [2.24, 2.45) is 5.92 Å². The molecule has 0 spiro atoms. The minimum absolute atomic E-state index is 0.0415. The molecule has 0 fully saturated rings. The van der Waals surface area contributed by atoms with Crippen LogP contribution in [0.5, 0.6) is 0 Å². The fourth-order valence-corrected chi connectivity index (χ4v) is 2.84. The highest BCUT2D eigenvalue weighted by Crippen LogP contribution is 2.24. The zero-order valence-electron chi connectivity index (χ0n) is 14.3. The van der Waals surface area contributed by atoms with E-state index < -0.39 is 0 Å². The largest absolute Gasteiger partial charge is 0.392 e. The first-order valence-electron chi connectivity index (χ1n) is 7.96. The number of aliphatic hydroxyl groups excluding tert-OH is 1. The zero-order valence-corrected chi connectivity index (χ0v) is 14.3. The van der Waals surface area contributed by atoms with Gasteiger partial charge in [0.1, 0.15) is 0 Å². The van der Waals surface area contributed by atoms with Gasteiger partial charge >= 0.3 is 0 Å². The van der Waals surface area contributed by atoms with Gasteiger partial charge in [-0.15, -0.1) is 0 Å². The monoisotopic (exact) mass is 292 g/mol. The van der Waals surface area contributed by atoms with Crippen LogP contribution in [0.2, 0.25) is 0 Å². The molecule has 0 aliphatic heterocycles. The van der Waals surface area contributed by atoms with Gasteiger partial charge in [-0.25, -0.2) is 0 Å². The van der Waals surface area contributed by atoms with Crippen LogP contribution in [0.15, 0.2) is 30.3 Å². The van der Waals surface area contributed by atoms with Crippen molar-refractivity contribution >= 4 is 0 Å². The predicted octanol–water partition coefficient (Wildman–Crippen LogP) is 2.50. The van der Waals surface area contributed by atoms with Gasteiger partial charge in [0.05, 0.1) is 6.10 Å². The van der Waals surface area contributed by atoms with Crippen molar-refractivity contribution < 1.29 is 5.11 Å². The van der Waals surface area contributed by atoms with Crippen LogP contribution in [0, 0.1) is 5.92 Å². The predicted molar refractivity (Wildman–Crippen MR) is 90.7 cm³/mol. The quantitative estimate of drug-likeness (QED) is 0.734. The van der Waals surface area contributed by atoms with Gasteiger partial charge in [-0.3, -0.25) is 0 Å². The van der Waals surface area contributed by atoms with Gasteiger partial charge < -0.3 is 15.3 Å². The highest BCUT2D eigenvalue weighted by Gasteiger charge is 2.28. The lowest BCUT2D eigenvalue weighted by atomic mass is 9.81. The lowest BCUT2D eigenvalue weighted by molar-refractivity contribution is 0.127. The maximum Gasteiger partial charge on any atom is 0.0638 e. The number of aliphatic hydroxyl groups is 1. The normalized spacial score (nSPS) is 16.2. The first-order chi connectivity index (χ1) is 9.83. The second-order valence-electron chi connectivity index (χ2n) is 7.00. The molecule has 21 heavy (non-hydrogen) atoms. The second kappa shape index (κ2) is 8.52. The van der Waals surface area contributed by atoms with E-state index in [0.29, 0.717) is 12.5 Å². The summed E-state index contributed by atoms with van der Waals surface area (Å²) < 4.78 is 0. The third-order valence-corrected chi connectivity index (χ3v) is 3.73. The van der Waals surface area contributed by atoms with Crippen molar-refractivity contribution in [2.45, 2.75) is 39.2 Å². The smallest absolute Gasteiger partial charge is 0.0638 e. The van der Waals surface area contributed by atoms with Crippen LogP contribution < -0.4 is 5.32 Å². The molecule has 2 unspecified atom stereocenters. The summed E-state index contributed by atoms with van der Waals surface area (Å²) in [6.07, 6.45) is -0.293. The fourth-order valence-electron chi connectivity index (χ4n) is 2.84. The average molecular weight is 292 g/mol. The summed E-state index contributed by atoms with van der Waals surface area (Å²) in [6.45, 7) is 12.2. The molecule has 120 valence electrons. The Hall–Kier alpha value is -0.900. The Labute approximate surface area is 130 Å². The Morgan fingerprint density at radius 1 is 1.19 bits per heavy atom. The third kappa shape index (κ3) is 6.60. The SMILES string of the molecule is CC(C)CNCC(C)(CN(C)CC(C)O)c1ccccc1. The van der Waals surface area contributed by atoms with E-state index in [1.165, 1.54) is 5.56 Å². The summed E-state index contributed by atoms with van der Waals surface area (Å²) in [6, 6.07) is 10.7. The van der Waals surface area contributed by atoms with Gasteiger partial charge in [0.15, 0.2) is 0 Å². The minimum Gasteiger partial charge on any atom is -0.392 e. The van der Waals surface area contributed by atoms with Crippen LogP contribution >= 0.6 is 0 Å². The lowest BCUT2D eigenvalue weighted by Gasteiger charge is -2.35. The molecule has 1 rings (SSSR count). The average Bonchev–Trinajstić information content (AvgIpc) is 2.38. The second-order valence-corrected chi connectivity index (χ2v) is 7.00. The Bertz CT molecular complexity index is 391. The first-order valence-corrected chi connectivity index (χ1v) is 7.96. The van der Waals surface area contributed by atoms with E-state index in [9.17, 15) is 5.11 Å². The van der Waals surface area contributed by atoms with Gasteiger partial charge in [-0.2, -0.15) is 0 Å². The lowest BCUT2D eigenvalue weighted by Crippen LogP contribution is -2.46. The summed E-state index contributed by atoms with van der Waals surface area (Å²) in [5, 5.41) is 13.2. The summed E-state index contributed by atoms with van der Waals surface area (Å²) in [5.41, 5.74) is 1.39. The van der Waals surface area contributed by atoms with Gasteiger partial charge in [0, 0.05) is 25.0 Å². The molecular weight excluding hydrogens is 260 g/mol. The molecule has 0 radical (unpaired) electrons. The van der Waals surface area contributed by atoms with Gasteiger partial charge in [-0.1, -0.05) is 51.1 Å². The molecule has 3 heteroatoms. The number of nitrogens with zero attached hydrogens (tertiary/aromatic N) is 1. The molecule has 0 amide bonds. The molecule has 1 aromatic carbocycles. The molecule has 3 nitrogen and oxygen atoms in total. The van der Waals surface area contributed by atoms with Crippen molar-refractivity contribution in [1.82, 2.24) is 10.2 Å². The minimum atomic E-state index is -0.293. The van der Waals surface area contributed by atoms with E-state index in [2.05, 4.69) is 68.4 Å². The number of likely N-dealkylation sites (N-methyl/N-ethyl adjacent to an activating group) is 1. The van der Waals surface area contributed by atoms with E-state index in [1.807, 2.05) is 6.92 Å². The topological polar surface area (TPSA) is 35.5 Å². The van der Waals surface area contributed by atoms with Crippen molar-refractivity contribution in [3.63, 3.8) is 0 Å². The Morgan fingerprint density at radius 2 is 1.81 bits per heavy atom. The van der Waals surface area contributed by atoms with Crippen LogP contribution in [-0.4, -0.2) is 49.3 Å². The standard InChI is InChI=1S/C18H32N2O/c1-15(2)11-19-13-18(4,14-20(5)12-16(3)21)17-9-7-6-8-10-17/h6-10,15-16,19,21H,11-14H2,1-5H3. The number of hydrogen-bond acceptors (Lipinski definition) is 3. The van der Waals surface area contributed by atoms with Crippen LogP contribution in [0.1, 0.15) is 33.3 Å². The van der Waals surface area contributed by atoms with Crippen molar-refractivity contribution in [1.29, 1.82) is 0 Å². The van der Waals surface area contributed by atoms with Crippen LogP contribution in [-0.2, 0) is 5.41 Å². The highest BCUT2D eigenvalue weighted by atomic mass is 16.3. The maximum atomic E-state index is 9.58. The van der Waals surface area contributed by atoms with E-state index in [4.69, 9.17) is 0 Å². The number of rotatable bonds is 9. The van der Waals surface area contributed by atoms with Crippen molar-refractivity contribution in [2.75, 3.05) is 33.2 Å². The summed E-state index contributed by atoms with van der Waals surface area (Å²) in [4.78, 5) is 2.22. The van der Waals surface area contributed by atoms with Crippen molar-refractivity contribution in [3.8, 4) is 0 Å². The molecule has 0 saturated heterocycles. The van der Waals surface area contributed by atoms with Crippen LogP contribution in [0.3, 0.4) is 0 Å². The number of benzene rings is 1. The molecule has 0 saturated carbocycles. The first kappa shape index (κ1) is 18.1. The van der Waals surface area contributed by atoms with E-state index in [1.54, 1.807) is 0 Å². The summed E-state index contributed by atoms with van der Waals surface area (Å²) in [5.74, 6) is 0.653. The molecule has 2 N–H and O–H groups in total. The molecule has 0 aliphatic carbocycles. The third-order valence-electron chi connectivity index (χ3n) is 3.73. The molecule has 0 heterocycles. The molecule has 0 aliphatic rings. The molecule has 0 bridgehead atoms. The van der Waals surface area contributed by atoms with E-state index >= 15 is 0 Å². The summed E-state index contributed by atoms with van der Waals surface area (Å²) in [7, 11) is 2.08. The molecule has 2 atom stereocenters. The van der Waals surface area contributed by atoms with Crippen LogP contribution in [0.25, 0.3) is 0 Å². The number of hydrogen-bond donors (Lipinski definition) is 2. The number of nitrogens with one attached hydrogen (secondary N) is 1. The molecular formula is C18H32N2O. The van der Waals surface area contributed by atoms with Crippen LogP contribution in [0.4, 0.5) is 0 Å².